The van der Waals surface area contributed by atoms with Crippen molar-refractivity contribution in [2.24, 2.45) is 0 Å². The number of carbonyl (C=O) groups is 1. The van der Waals surface area contributed by atoms with E-state index in [0.29, 0.717) is 17.9 Å². The first-order valence-electron chi connectivity index (χ1n) is 6.38. The molecule has 5 nitrogen and oxygen atoms in total. The van der Waals surface area contributed by atoms with Crippen LogP contribution in [0.25, 0.3) is 5.65 Å². The van der Waals surface area contributed by atoms with E-state index < -0.39 is 5.97 Å². The van der Waals surface area contributed by atoms with Gasteiger partial charge >= 0.3 is 5.97 Å². The Morgan fingerprint density at radius 3 is 2.86 bits per heavy atom. The minimum Gasteiger partial charge on any atom is -0.478 e. The highest BCUT2D eigenvalue weighted by atomic mass is 32.2. The average Bonchev–Trinajstić information content (AvgIpc) is 2.89. The van der Waals surface area contributed by atoms with Crippen molar-refractivity contribution in [3.63, 3.8) is 0 Å². The van der Waals surface area contributed by atoms with Crippen molar-refractivity contribution in [1.82, 2.24) is 14.6 Å². The Kier molecular flexibility index (Phi) is 3.62. The van der Waals surface area contributed by atoms with Gasteiger partial charge in [0.25, 0.3) is 0 Å². The molecule has 1 aromatic carbocycles. The first-order valence-corrected chi connectivity index (χ1v) is 7.61. The lowest BCUT2D eigenvalue weighted by atomic mass is 10.1. The van der Waals surface area contributed by atoms with Crippen molar-refractivity contribution in [2.45, 2.75) is 11.3 Å². The van der Waals surface area contributed by atoms with Crippen molar-refractivity contribution in [1.29, 1.82) is 0 Å². The van der Waals surface area contributed by atoms with E-state index in [1.54, 1.807) is 24.0 Å². The molecule has 1 N–H and O–H groups in total. The van der Waals surface area contributed by atoms with Crippen LogP contribution in [0.2, 0.25) is 0 Å². The minimum atomic E-state index is -0.996. The zero-order valence-electron chi connectivity index (χ0n) is 11.4. The third kappa shape index (κ3) is 2.62. The smallest absolute Gasteiger partial charge is 0.339 e. The summed E-state index contributed by atoms with van der Waals surface area (Å²) in [5, 5.41) is 13.5. The summed E-state index contributed by atoms with van der Waals surface area (Å²) in [6.07, 6.45) is 4.31. The maximum atomic E-state index is 11.2. The molecule has 0 aliphatic rings. The summed E-state index contributed by atoms with van der Waals surface area (Å²) < 4.78 is 1.51. The molecule has 0 aliphatic heterocycles. The molecular formula is C15H13N3O2S. The highest BCUT2D eigenvalue weighted by molar-refractivity contribution is 7.98. The summed E-state index contributed by atoms with van der Waals surface area (Å²) in [6, 6.07) is 11.3. The van der Waals surface area contributed by atoms with Gasteiger partial charge in [-0.2, -0.15) is 5.10 Å². The van der Waals surface area contributed by atoms with Gasteiger partial charge in [-0.1, -0.05) is 18.2 Å². The van der Waals surface area contributed by atoms with Crippen LogP contribution in [0.15, 0.2) is 47.5 Å². The number of fused-ring (bicyclic) bond motifs is 1. The standard InChI is InChI=1S/C15H13N3O2S/c1-21-12-7-3-2-5-10(12)9-13-16-14-11(15(19)20)6-4-8-18(14)17-13/h2-8H,9H2,1H3,(H,19,20). The van der Waals surface area contributed by atoms with E-state index in [9.17, 15) is 9.90 Å². The Morgan fingerprint density at radius 1 is 1.29 bits per heavy atom. The van der Waals surface area contributed by atoms with Gasteiger partial charge in [-0.3, -0.25) is 0 Å². The molecule has 6 heteroatoms. The van der Waals surface area contributed by atoms with Gasteiger partial charge in [0, 0.05) is 17.5 Å². The van der Waals surface area contributed by atoms with Gasteiger partial charge in [0.1, 0.15) is 5.56 Å². The first-order chi connectivity index (χ1) is 10.2. The van der Waals surface area contributed by atoms with Crippen LogP contribution in [0, 0.1) is 0 Å². The molecular weight excluding hydrogens is 286 g/mol. The minimum absolute atomic E-state index is 0.161. The fourth-order valence-electron chi connectivity index (χ4n) is 2.21. The highest BCUT2D eigenvalue weighted by Crippen LogP contribution is 2.22. The molecule has 3 rings (SSSR count). The van der Waals surface area contributed by atoms with Crippen molar-refractivity contribution in [3.05, 3.63) is 59.5 Å². The average molecular weight is 299 g/mol. The van der Waals surface area contributed by atoms with E-state index in [2.05, 4.69) is 16.1 Å². The van der Waals surface area contributed by atoms with Crippen LogP contribution in [-0.4, -0.2) is 31.9 Å². The number of hydrogen-bond donors (Lipinski definition) is 1. The second kappa shape index (κ2) is 5.57. The summed E-state index contributed by atoms with van der Waals surface area (Å²) in [4.78, 5) is 16.7. The predicted octanol–water partition coefficient (Wildman–Crippen LogP) is 2.74. The number of aromatic nitrogens is 3. The molecule has 106 valence electrons. The number of aromatic carboxylic acids is 1. The number of pyridine rings is 1. The molecule has 2 aromatic heterocycles. The molecule has 21 heavy (non-hydrogen) atoms. The van der Waals surface area contributed by atoms with Crippen LogP contribution in [0.5, 0.6) is 0 Å². The maximum absolute atomic E-state index is 11.2. The Hall–Kier alpha value is -2.34. The second-order valence-electron chi connectivity index (χ2n) is 4.51. The molecule has 0 amide bonds. The van der Waals surface area contributed by atoms with Crippen molar-refractivity contribution in [2.75, 3.05) is 6.26 Å². The van der Waals surface area contributed by atoms with Gasteiger partial charge < -0.3 is 5.11 Å². The molecule has 0 spiro atoms. The molecule has 0 fully saturated rings. The predicted molar refractivity (Wildman–Crippen MR) is 81.0 cm³/mol. The Labute approximate surface area is 125 Å². The Balaban J connectivity index is 2.02. The van der Waals surface area contributed by atoms with Crippen molar-refractivity contribution >= 4 is 23.4 Å². The largest absolute Gasteiger partial charge is 0.478 e. The van der Waals surface area contributed by atoms with Crippen LogP contribution in [0.1, 0.15) is 21.7 Å². The lowest BCUT2D eigenvalue weighted by molar-refractivity contribution is 0.0698. The third-order valence-electron chi connectivity index (χ3n) is 3.18. The maximum Gasteiger partial charge on any atom is 0.339 e. The van der Waals surface area contributed by atoms with E-state index >= 15 is 0 Å². The monoisotopic (exact) mass is 299 g/mol. The number of carboxylic acids is 1. The van der Waals surface area contributed by atoms with Crippen LogP contribution < -0.4 is 0 Å². The number of nitrogens with zero attached hydrogens (tertiary/aromatic N) is 3. The summed E-state index contributed by atoms with van der Waals surface area (Å²) in [5.41, 5.74) is 1.67. The topological polar surface area (TPSA) is 67.5 Å². The third-order valence-corrected chi connectivity index (χ3v) is 4.02. The van der Waals surface area contributed by atoms with E-state index in [1.807, 2.05) is 24.5 Å². The molecule has 0 saturated heterocycles. The molecule has 0 bridgehead atoms. The van der Waals surface area contributed by atoms with E-state index in [4.69, 9.17) is 0 Å². The van der Waals surface area contributed by atoms with E-state index in [-0.39, 0.29) is 5.56 Å². The number of rotatable bonds is 4. The van der Waals surface area contributed by atoms with Crippen LogP contribution in [0.3, 0.4) is 0 Å². The molecule has 3 aromatic rings. The van der Waals surface area contributed by atoms with Crippen molar-refractivity contribution < 1.29 is 9.90 Å². The summed E-state index contributed by atoms with van der Waals surface area (Å²) in [7, 11) is 0. The Bertz CT molecular complexity index is 814. The summed E-state index contributed by atoms with van der Waals surface area (Å²) in [5.74, 6) is -0.380. The summed E-state index contributed by atoms with van der Waals surface area (Å²) >= 11 is 1.67. The fourth-order valence-corrected chi connectivity index (χ4v) is 2.83. The van der Waals surface area contributed by atoms with Gasteiger partial charge in [0.05, 0.1) is 0 Å². The summed E-state index contributed by atoms with van der Waals surface area (Å²) in [6.45, 7) is 0. The second-order valence-corrected chi connectivity index (χ2v) is 5.36. The molecule has 0 saturated carbocycles. The number of carboxylic acid groups (broad SMARTS) is 1. The molecule has 0 radical (unpaired) electrons. The van der Waals surface area contributed by atoms with E-state index in [0.717, 1.165) is 5.56 Å². The normalized spacial score (nSPS) is 10.9. The highest BCUT2D eigenvalue weighted by Gasteiger charge is 2.13. The molecule has 0 aliphatic carbocycles. The Morgan fingerprint density at radius 2 is 2.10 bits per heavy atom. The zero-order valence-corrected chi connectivity index (χ0v) is 12.2. The first kappa shape index (κ1) is 13.6. The quantitative estimate of drug-likeness (QED) is 0.750. The molecule has 2 heterocycles. The van der Waals surface area contributed by atoms with Gasteiger partial charge in [-0.05, 0) is 30.0 Å². The number of thioether (sulfide) groups is 1. The SMILES string of the molecule is CSc1ccccc1Cc1nc2c(C(=O)O)cccn2n1. The lowest BCUT2D eigenvalue weighted by Gasteiger charge is -2.03. The van der Waals surface area contributed by atoms with Gasteiger partial charge in [-0.25, -0.2) is 14.3 Å². The van der Waals surface area contributed by atoms with Crippen LogP contribution >= 0.6 is 11.8 Å². The van der Waals surface area contributed by atoms with Crippen molar-refractivity contribution in [3.8, 4) is 0 Å². The molecule has 0 atom stereocenters. The van der Waals surface area contributed by atoms with Crippen LogP contribution in [-0.2, 0) is 6.42 Å². The lowest BCUT2D eigenvalue weighted by Crippen LogP contribution is -2.00. The van der Waals surface area contributed by atoms with Crippen LogP contribution in [0.4, 0.5) is 0 Å². The van der Waals surface area contributed by atoms with E-state index in [1.165, 1.54) is 15.5 Å². The van der Waals surface area contributed by atoms with Gasteiger partial charge in [-0.15, -0.1) is 11.8 Å². The molecule has 0 unspecified atom stereocenters. The van der Waals surface area contributed by atoms with Gasteiger partial charge in [0.15, 0.2) is 11.5 Å². The van der Waals surface area contributed by atoms with Gasteiger partial charge in [0.2, 0.25) is 0 Å². The number of hydrogen-bond acceptors (Lipinski definition) is 4. The number of benzene rings is 1. The zero-order chi connectivity index (χ0) is 14.8. The fraction of sp³-hybridized carbons (Fsp3) is 0.133.